The molecule has 0 spiro atoms. The summed E-state index contributed by atoms with van der Waals surface area (Å²) in [6.07, 6.45) is 0. The molecular formula is C14H17N3O. The van der Waals surface area contributed by atoms with E-state index in [1.165, 1.54) is 5.56 Å². The minimum absolute atomic E-state index is 0.330. The van der Waals surface area contributed by atoms with Crippen molar-refractivity contribution in [2.75, 3.05) is 5.73 Å². The monoisotopic (exact) mass is 243 g/mol. The predicted octanol–water partition coefficient (Wildman–Crippen LogP) is 2.56. The third kappa shape index (κ3) is 2.97. The maximum atomic E-state index is 5.73. The Morgan fingerprint density at radius 3 is 2.61 bits per heavy atom. The lowest BCUT2D eigenvalue weighted by Gasteiger charge is -2.09. The van der Waals surface area contributed by atoms with Crippen molar-refractivity contribution < 1.29 is 4.74 Å². The van der Waals surface area contributed by atoms with E-state index in [9.17, 15) is 0 Å². The molecule has 0 saturated carbocycles. The Labute approximate surface area is 107 Å². The van der Waals surface area contributed by atoms with Crippen LogP contribution in [0.2, 0.25) is 0 Å². The third-order valence-corrected chi connectivity index (χ3v) is 2.62. The Bertz CT molecular complexity index is 547. The van der Waals surface area contributed by atoms with Gasteiger partial charge in [-0.05, 0) is 38.0 Å². The van der Waals surface area contributed by atoms with E-state index in [1.54, 1.807) is 6.07 Å². The van der Waals surface area contributed by atoms with Crippen LogP contribution in [-0.2, 0) is 6.61 Å². The first kappa shape index (κ1) is 12.4. The van der Waals surface area contributed by atoms with Gasteiger partial charge < -0.3 is 10.5 Å². The number of nitrogen functional groups attached to an aromatic ring is 1. The topological polar surface area (TPSA) is 61.0 Å². The highest BCUT2D eigenvalue weighted by molar-refractivity contribution is 5.36. The molecule has 0 atom stereocenters. The van der Waals surface area contributed by atoms with E-state index in [1.807, 2.05) is 32.9 Å². The van der Waals surface area contributed by atoms with Crippen molar-refractivity contribution in [3.05, 3.63) is 46.9 Å². The fraction of sp³-hybridized carbons (Fsp3) is 0.286. The molecule has 0 aliphatic rings. The van der Waals surface area contributed by atoms with E-state index in [2.05, 4.69) is 16.0 Å². The van der Waals surface area contributed by atoms with Crippen LogP contribution in [0.4, 0.5) is 5.82 Å². The Kier molecular flexibility index (Phi) is 3.46. The first-order chi connectivity index (χ1) is 8.54. The average Bonchev–Trinajstić information content (AvgIpc) is 2.29. The number of aryl methyl sites for hydroxylation is 3. The van der Waals surface area contributed by atoms with Gasteiger partial charge in [-0.1, -0.05) is 12.1 Å². The third-order valence-electron chi connectivity index (χ3n) is 2.62. The zero-order valence-electron chi connectivity index (χ0n) is 10.9. The standard InChI is InChI=1S/C14H17N3O/c1-9-4-5-10(2)12(6-9)18-8-14-16-11(3)7-13(15)17-14/h4-7H,8H2,1-3H3,(H2,15,16,17). The summed E-state index contributed by atoms with van der Waals surface area (Å²) in [5.41, 5.74) is 8.79. The zero-order chi connectivity index (χ0) is 13.1. The molecule has 4 nitrogen and oxygen atoms in total. The molecule has 4 heteroatoms. The Hall–Kier alpha value is -2.10. The van der Waals surface area contributed by atoms with Crippen LogP contribution in [0.15, 0.2) is 24.3 Å². The lowest BCUT2D eigenvalue weighted by atomic mass is 10.1. The number of benzene rings is 1. The highest BCUT2D eigenvalue weighted by Gasteiger charge is 2.04. The molecule has 0 amide bonds. The van der Waals surface area contributed by atoms with Crippen LogP contribution in [0, 0.1) is 20.8 Å². The molecule has 0 fully saturated rings. The van der Waals surface area contributed by atoms with Gasteiger partial charge in [-0.25, -0.2) is 9.97 Å². The van der Waals surface area contributed by atoms with Crippen LogP contribution in [0.25, 0.3) is 0 Å². The average molecular weight is 243 g/mol. The van der Waals surface area contributed by atoms with Crippen LogP contribution in [0.5, 0.6) is 5.75 Å². The molecule has 1 aromatic carbocycles. The molecule has 94 valence electrons. The molecule has 0 unspecified atom stereocenters. The Balaban J connectivity index is 2.13. The summed E-state index contributed by atoms with van der Waals surface area (Å²) in [6.45, 7) is 6.27. The maximum Gasteiger partial charge on any atom is 0.168 e. The van der Waals surface area contributed by atoms with Crippen LogP contribution >= 0.6 is 0 Å². The highest BCUT2D eigenvalue weighted by Crippen LogP contribution is 2.20. The van der Waals surface area contributed by atoms with Gasteiger partial charge in [0.15, 0.2) is 5.82 Å². The number of nitrogens with zero attached hydrogens (tertiary/aromatic N) is 2. The summed E-state index contributed by atoms with van der Waals surface area (Å²) in [6, 6.07) is 7.84. The van der Waals surface area contributed by atoms with Gasteiger partial charge >= 0.3 is 0 Å². The lowest BCUT2D eigenvalue weighted by Crippen LogP contribution is -2.05. The van der Waals surface area contributed by atoms with E-state index < -0.39 is 0 Å². The van der Waals surface area contributed by atoms with Crippen molar-refractivity contribution in [1.29, 1.82) is 0 Å². The molecule has 2 rings (SSSR count). The lowest BCUT2D eigenvalue weighted by molar-refractivity contribution is 0.293. The summed E-state index contributed by atoms with van der Waals surface area (Å²) in [5.74, 6) is 1.94. The number of anilines is 1. The first-order valence-electron chi connectivity index (χ1n) is 5.84. The van der Waals surface area contributed by atoms with Crippen molar-refractivity contribution >= 4 is 5.82 Å². The minimum atomic E-state index is 0.330. The Morgan fingerprint density at radius 2 is 1.89 bits per heavy atom. The summed E-state index contributed by atoms with van der Waals surface area (Å²) < 4.78 is 5.73. The van der Waals surface area contributed by atoms with E-state index >= 15 is 0 Å². The molecule has 1 heterocycles. The van der Waals surface area contributed by atoms with Crippen molar-refractivity contribution in [3.63, 3.8) is 0 Å². The summed E-state index contributed by atoms with van der Waals surface area (Å²) in [5, 5.41) is 0. The maximum absolute atomic E-state index is 5.73. The number of hydrogen-bond donors (Lipinski definition) is 1. The van der Waals surface area contributed by atoms with Gasteiger partial charge in [0.05, 0.1) is 0 Å². The predicted molar refractivity (Wildman–Crippen MR) is 71.4 cm³/mol. The van der Waals surface area contributed by atoms with Crippen molar-refractivity contribution in [1.82, 2.24) is 9.97 Å². The summed E-state index contributed by atoms with van der Waals surface area (Å²) in [4.78, 5) is 8.43. The van der Waals surface area contributed by atoms with Crippen molar-refractivity contribution in [2.24, 2.45) is 0 Å². The van der Waals surface area contributed by atoms with Gasteiger partial charge in [0, 0.05) is 11.8 Å². The first-order valence-corrected chi connectivity index (χ1v) is 5.84. The zero-order valence-corrected chi connectivity index (χ0v) is 10.9. The molecule has 0 bridgehead atoms. The smallest absolute Gasteiger partial charge is 0.168 e. The van der Waals surface area contributed by atoms with E-state index in [0.29, 0.717) is 18.2 Å². The van der Waals surface area contributed by atoms with Gasteiger partial charge in [0.1, 0.15) is 18.2 Å². The normalized spacial score (nSPS) is 10.4. The second-order valence-corrected chi connectivity index (χ2v) is 4.41. The minimum Gasteiger partial charge on any atom is -0.485 e. The molecule has 2 aromatic rings. The van der Waals surface area contributed by atoms with E-state index in [-0.39, 0.29) is 0 Å². The molecule has 0 saturated heterocycles. The number of aromatic nitrogens is 2. The van der Waals surface area contributed by atoms with Gasteiger partial charge in [-0.3, -0.25) is 0 Å². The quantitative estimate of drug-likeness (QED) is 0.900. The molecular weight excluding hydrogens is 226 g/mol. The fourth-order valence-electron chi connectivity index (χ4n) is 1.73. The van der Waals surface area contributed by atoms with Gasteiger partial charge in [-0.2, -0.15) is 0 Å². The van der Waals surface area contributed by atoms with Gasteiger partial charge in [0.25, 0.3) is 0 Å². The number of ether oxygens (including phenoxy) is 1. The van der Waals surface area contributed by atoms with Crippen LogP contribution in [-0.4, -0.2) is 9.97 Å². The fourth-order valence-corrected chi connectivity index (χ4v) is 1.73. The van der Waals surface area contributed by atoms with E-state index in [0.717, 1.165) is 17.0 Å². The second-order valence-electron chi connectivity index (χ2n) is 4.41. The number of hydrogen-bond acceptors (Lipinski definition) is 4. The molecule has 1 aromatic heterocycles. The SMILES string of the molecule is Cc1ccc(C)c(OCc2nc(C)cc(N)n2)c1. The molecule has 2 N–H and O–H groups in total. The van der Waals surface area contributed by atoms with Crippen molar-refractivity contribution in [2.45, 2.75) is 27.4 Å². The van der Waals surface area contributed by atoms with E-state index in [4.69, 9.17) is 10.5 Å². The van der Waals surface area contributed by atoms with Crippen LogP contribution in [0.3, 0.4) is 0 Å². The number of rotatable bonds is 3. The van der Waals surface area contributed by atoms with Crippen LogP contribution in [0.1, 0.15) is 22.6 Å². The van der Waals surface area contributed by atoms with Crippen molar-refractivity contribution in [3.8, 4) is 5.75 Å². The highest BCUT2D eigenvalue weighted by atomic mass is 16.5. The molecule has 18 heavy (non-hydrogen) atoms. The second kappa shape index (κ2) is 5.04. The molecule has 0 radical (unpaired) electrons. The Morgan fingerprint density at radius 1 is 1.11 bits per heavy atom. The summed E-state index contributed by atoms with van der Waals surface area (Å²) >= 11 is 0. The number of nitrogens with two attached hydrogens (primary N) is 1. The summed E-state index contributed by atoms with van der Waals surface area (Å²) in [7, 11) is 0. The largest absolute Gasteiger partial charge is 0.485 e. The van der Waals surface area contributed by atoms with Gasteiger partial charge in [0.2, 0.25) is 0 Å². The van der Waals surface area contributed by atoms with Gasteiger partial charge in [-0.15, -0.1) is 0 Å². The molecule has 0 aliphatic heterocycles. The van der Waals surface area contributed by atoms with Crippen LogP contribution < -0.4 is 10.5 Å². The molecule has 0 aliphatic carbocycles.